The van der Waals surface area contributed by atoms with Crippen LogP contribution in [0.2, 0.25) is 0 Å². The van der Waals surface area contributed by atoms with Gasteiger partial charge in [-0.15, -0.1) is 0 Å². The summed E-state index contributed by atoms with van der Waals surface area (Å²) in [6.45, 7) is 2.83. The van der Waals surface area contributed by atoms with Crippen LogP contribution < -0.4 is 9.47 Å². The topological polar surface area (TPSA) is 112 Å². The van der Waals surface area contributed by atoms with Crippen LogP contribution in [0, 0.1) is 0 Å². The molecule has 186 valence electrons. The smallest absolute Gasteiger partial charge is 0.316 e. The molecule has 4 aromatic rings. The highest BCUT2D eigenvalue weighted by atomic mass is 16.5. The fraction of sp³-hybridized carbons (Fsp3) is 0.370. The van der Waals surface area contributed by atoms with E-state index in [1.165, 1.54) is 24.1 Å². The van der Waals surface area contributed by atoms with E-state index in [9.17, 15) is 9.90 Å². The minimum absolute atomic E-state index is 0.153. The summed E-state index contributed by atoms with van der Waals surface area (Å²) in [4.78, 5) is 24.8. The van der Waals surface area contributed by atoms with Crippen LogP contribution in [0.15, 0.2) is 48.9 Å². The summed E-state index contributed by atoms with van der Waals surface area (Å²) in [5.74, 6) is -0.201. The van der Waals surface area contributed by atoms with Gasteiger partial charge in [0.2, 0.25) is 0 Å². The first kappa shape index (κ1) is 23.7. The van der Waals surface area contributed by atoms with E-state index < -0.39 is 12.0 Å². The summed E-state index contributed by atoms with van der Waals surface area (Å²) < 4.78 is 13.0. The fourth-order valence-electron chi connectivity index (χ4n) is 4.62. The van der Waals surface area contributed by atoms with Crippen LogP contribution in [-0.4, -0.2) is 49.0 Å². The lowest BCUT2D eigenvalue weighted by molar-refractivity contribution is -0.137. The number of aliphatic carboxylic acids is 1. The van der Waals surface area contributed by atoms with Crippen molar-refractivity contribution in [2.45, 2.75) is 51.5 Å². The highest BCUT2D eigenvalue weighted by Gasteiger charge is 2.22. The second kappa shape index (κ2) is 10.7. The third-order valence-electron chi connectivity index (χ3n) is 6.40. The number of carboxylic acids is 1. The number of fused-ring (bicyclic) bond motifs is 2. The van der Waals surface area contributed by atoms with Crippen LogP contribution in [-0.2, 0) is 24.1 Å². The molecule has 1 aliphatic carbocycles. The maximum atomic E-state index is 11.6. The lowest BCUT2D eigenvalue weighted by Gasteiger charge is -2.17. The molecule has 0 radical (unpaired) electrons. The van der Waals surface area contributed by atoms with Crippen molar-refractivity contribution in [1.29, 1.82) is 0 Å². The van der Waals surface area contributed by atoms with Gasteiger partial charge < -0.3 is 14.6 Å². The monoisotopic (exact) mass is 487 g/mol. The lowest BCUT2D eigenvalue weighted by atomic mass is 9.96. The number of nitrogens with zero attached hydrogens (tertiary/aromatic N) is 5. The van der Waals surface area contributed by atoms with Crippen LogP contribution in [0.4, 0.5) is 0 Å². The fourth-order valence-corrected chi connectivity index (χ4v) is 4.62. The Morgan fingerprint density at radius 3 is 2.72 bits per heavy atom. The molecular formula is C27H29N5O4. The number of pyridine rings is 1. The molecule has 5 rings (SSSR count). The van der Waals surface area contributed by atoms with Crippen LogP contribution in [0.3, 0.4) is 0 Å². The van der Waals surface area contributed by atoms with Gasteiger partial charge in [0.1, 0.15) is 5.75 Å². The van der Waals surface area contributed by atoms with E-state index in [4.69, 9.17) is 14.5 Å². The molecule has 1 aromatic carbocycles. The van der Waals surface area contributed by atoms with Gasteiger partial charge in [-0.2, -0.15) is 5.10 Å². The molecule has 0 aliphatic heterocycles. The summed E-state index contributed by atoms with van der Waals surface area (Å²) in [6, 6.07) is 9.72. The Morgan fingerprint density at radius 1 is 1.08 bits per heavy atom. The first-order valence-electron chi connectivity index (χ1n) is 12.3. The number of carboxylic acid groups (broad SMARTS) is 1. The van der Waals surface area contributed by atoms with Crippen LogP contribution in [0.1, 0.15) is 54.7 Å². The predicted octanol–water partition coefficient (Wildman–Crippen LogP) is 4.18. The molecule has 0 saturated heterocycles. The largest absolute Gasteiger partial charge is 0.493 e. The number of hydrogen-bond donors (Lipinski definition) is 1. The second-order valence-corrected chi connectivity index (χ2v) is 8.87. The summed E-state index contributed by atoms with van der Waals surface area (Å²) >= 11 is 0. The van der Waals surface area contributed by atoms with E-state index >= 15 is 0 Å². The molecule has 1 aliphatic rings. The third kappa shape index (κ3) is 5.30. The van der Waals surface area contributed by atoms with Crippen LogP contribution in [0.25, 0.3) is 10.9 Å². The molecule has 0 amide bonds. The standard InChI is InChI=1S/C27H29N5O4/c1-2-35-27-28-15-20(16-29-27)25(14-26(33)34)32-24-10-9-22(13-19(24)17-30-32)36-12-11-21-8-7-18-5-3-4-6-23(18)31-21/h7-10,13,15-17,25H,2-6,11-12,14H2,1H3,(H,33,34). The number of ether oxygens (including phenoxy) is 2. The second-order valence-electron chi connectivity index (χ2n) is 8.87. The molecule has 9 heteroatoms. The van der Waals surface area contributed by atoms with E-state index in [0.717, 1.165) is 41.6 Å². The molecule has 1 unspecified atom stereocenters. The zero-order chi connectivity index (χ0) is 24.9. The van der Waals surface area contributed by atoms with Crippen molar-refractivity contribution in [3.05, 3.63) is 71.4 Å². The Balaban J connectivity index is 1.30. The van der Waals surface area contributed by atoms with Gasteiger partial charge in [-0.3, -0.25) is 14.5 Å². The molecule has 36 heavy (non-hydrogen) atoms. The first-order chi connectivity index (χ1) is 17.6. The van der Waals surface area contributed by atoms with Crippen molar-refractivity contribution < 1.29 is 19.4 Å². The molecule has 3 aromatic heterocycles. The van der Waals surface area contributed by atoms with E-state index in [0.29, 0.717) is 18.8 Å². The number of aryl methyl sites for hydroxylation is 2. The van der Waals surface area contributed by atoms with Crippen LogP contribution >= 0.6 is 0 Å². The maximum absolute atomic E-state index is 11.6. The summed E-state index contributed by atoms with van der Waals surface area (Å²) in [5.41, 5.74) is 5.12. The van der Waals surface area contributed by atoms with Crippen molar-refractivity contribution in [2.75, 3.05) is 13.2 Å². The van der Waals surface area contributed by atoms with Gasteiger partial charge in [0, 0.05) is 41.2 Å². The van der Waals surface area contributed by atoms with E-state index in [1.807, 2.05) is 25.1 Å². The number of aromatic nitrogens is 5. The van der Waals surface area contributed by atoms with Crippen molar-refractivity contribution in [2.24, 2.45) is 0 Å². The minimum Gasteiger partial charge on any atom is -0.493 e. The molecule has 1 N–H and O–H groups in total. The van der Waals surface area contributed by atoms with Gasteiger partial charge in [0.25, 0.3) is 0 Å². The number of rotatable bonds is 10. The number of carbonyl (C=O) groups is 1. The summed E-state index contributed by atoms with van der Waals surface area (Å²) in [7, 11) is 0. The molecule has 0 bridgehead atoms. The van der Waals surface area contributed by atoms with Gasteiger partial charge in [0.15, 0.2) is 0 Å². The zero-order valence-corrected chi connectivity index (χ0v) is 20.3. The van der Waals surface area contributed by atoms with Gasteiger partial charge in [-0.05, 0) is 62.4 Å². The van der Waals surface area contributed by atoms with Crippen LogP contribution in [0.5, 0.6) is 11.8 Å². The molecular weight excluding hydrogens is 458 g/mol. The Kier molecular flexibility index (Phi) is 7.06. The van der Waals surface area contributed by atoms with Gasteiger partial charge in [0.05, 0.1) is 37.4 Å². The number of benzene rings is 1. The molecule has 9 nitrogen and oxygen atoms in total. The third-order valence-corrected chi connectivity index (χ3v) is 6.40. The Hall–Kier alpha value is -4.01. The highest BCUT2D eigenvalue weighted by molar-refractivity contribution is 5.81. The Bertz CT molecular complexity index is 1350. The highest BCUT2D eigenvalue weighted by Crippen LogP contribution is 2.28. The quantitative estimate of drug-likeness (QED) is 0.354. The molecule has 3 heterocycles. The Morgan fingerprint density at radius 2 is 1.92 bits per heavy atom. The SMILES string of the molecule is CCOc1ncc(C(CC(=O)O)n2ncc3cc(OCCc4ccc5c(n4)CCCC5)ccc32)cn1. The Labute approximate surface area is 209 Å². The maximum Gasteiger partial charge on any atom is 0.316 e. The normalized spacial score (nSPS) is 13.8. The lowest BCUT2D eigenvalue weighted by Crippen LogP contribution is -2.17. The first-order valence-corrected chi connectivity index (χ1v) is 12.3. The summed E-state index contributed by atoms with van der Waals surface area (Å²) in [5, 5.41) is 14.9. The average molecular weight is 488 g/mol. The van der Waals surface area contributed by atoms with Crippen molar-refractivity contribution in [3.63, 3.8) is 0 Å². The molecule has 0 saturated carbocycles. The molecule has 0 spiro atoms. The van der Waals surface area contributed by atoms with E-state index in [1.54, 1.807) is 23.3 Å². The van der Waals surface area contributed by atoms with Gasteiger partial charge >= 0.3 is 12.0 Å². The van der Waals surface area contributed by atoms with E-state index in [-0.39, 0.29) is 12.4 Å². The average Bonchev–Trinajstić information content (AvgIpc) is 3.31. The molecule has 0 fully saturated rings. The van der Waals surface area contributed by atoms with E-state index in [2.05, 4.69) is 27.2 Å². The minimum atomic E-state index is -0.937. The van der Waals surface area contributed by atoms with Crippen molar-refractivity contribution in [1.82, 2.24) is 24.7 Å². The van der Waals surface area contributed by atoms with Crippen molar-refractivity contribution in [3.8, 4) is 11.8 Å². The molecule has 1 atom stereocenters. The van der Waals surface area contributed by atoms with Gasteiger partial charge in [-0.25, -0.2) is 9.97 Å². The summed E-state index contributed by atoms with van der Waals surface area (Å²) in [6.07, 6.45) is 10.1. The van der Waals surface area contributed by atoms with Crippen molar-refractivity contribution >= 4 is 16.9 Å². The zero-order valence-electron chi connectivity index (χ0n) is 20.3. The number of hydrogen-bond acceptors (Lipinski definition) is 7. The van der Waals surface area contributed by atoms with Gasteiger partial charge in [-0.1, -0.05) is 6.07 Å². The predicted molar refractivity (Wildman–Crippen MR) is 133 cm³/mol.